The molecule has 80 valence electrons. The van der Waals surface area contributed by atoms with Gasteiger partial charge < -0.3 is 0 Å². The third-order valence-electron chi connectivity index (χ3n) is 2.74. The van der Waals surface area contributed by atoms with Crippen molar-refractivity contribution in [3.63, 3.8) is 0 Å². The van der Waals surface area contributed by atoms with Gasteiger partial charge in [0.15, 0.2) is 6.20 Å². The molecular formula is C14H15N2+. The van der Waals surface area contributed by atoms with Gasteiger partial charge in [0.05, 0.1) is 5.69 Å². The fraction of sp³-hybridized carbons (Fsp3) is 0.143. The highest BCUT2D eigenvalue weighted by molar-refractivity contribution is 5.64. The van der Waals surface area contributed by atoms with Crippen molar-refractivity contribution < 1.29 is 4.57 Å². The fourth-order valence-electron chi connectivity index (χ4n) is 1.78. The van der Waals surface area contributed by atoms with Gasteiger partial charge in [-0.05, 0) is 25.3 Å². The van der Waals surface area contributed by atoms with E-state index in [9.17, 15) is 0 Å². The molecule has 0 atom stereocenters. The molecule has 0 unspecified atom stereocenters. The summed E-state index contributed by atoms with van der Waals surface area (Å²) in [5.74, 6) is 0. The lowest BCUT2D eigenvalue weighted by Crippen LogP contribution is -2.30. The van der Waals surface area contributed by atoms with Gasteiger partial charge in [0.1, 0.15) is 7.05 Å². The Morgan fingerprint density at radius 3 is 2.62 bits per heavy atom. The zero-order chi connectivity index (χ0) is 11.5. The summed E-state index contributed by atoms with van der Waals surface area (Å²) in [7, 11) is 2.04. The van der Waals surface area contributed by atoms with Crippen LogP contribution in [0.3, 0.4) is 0 Å². The first-order valence-corrected chi connectivity index (χ1v) is 5.25. The summed E-state index contributed by atoms with van der Waals surface area (Å²) in [6.45, 7) is 5.67. The molecule has 0 N–H and O–H groups in total. The molecule has 2 rings (SSSR count). The van der Waals surface area contributed by atoms with Crippen LogP contribution in [0.15, 0.2) is 47.6 Å². The molecule has 0 saturated heterocycles. The number of hydrogen-bond acceptors (Lipinski definition) is 1. The standard InChI is InChI=1S/C14H15N2/c1-11-6-4-5-7-13(11)14-10-12(15-2)8-9-16(14)3/h4-10H,2H2,1,3H3/q+1. The van der Waals surface area contributed by atoms with Gasteiger partial charge in [-0.1, -0.05) is 18.2 Å². The second-order valence-electron chi connectivity index (χ2n) is 3.85. The number of benzene rings is 1. The van der Waals surface area contributed by atoms with Gasteiger partial charge in [0.25, 0.3) is 0 Å². The first-order chi connectivity index (χ1) is 7.72. The molecular weight excluding hydrogens is 196 g/mol. The van der Waals surface area contributed by atoms with Gasteiger partial charge >= 0.3 is 0 Å². The molecule has 0 amide bonds. The molecule has 1 aromatic heterocycles. The van der Waals surface area contributed by atoms with Crippen LogP contribution in [0, 0.1) is 6.92 Å². The summed E-state index contributed by atoms with van der Waals surface area (Å²) in [4.78, 5) is 3.96. The zero-order valence-corrected chi connectivity index (χ0v) is 9.64. The van der Waals surface area contributed by atoms with E-state index in [-0.39, 0.29) is 0 Å². The zero-order valence-electron chi connectivity index (χ0n) is 9.64. The molecule has 0 spiro atoms. The molecule has 0 aliphatic heterocycles. The van der Waals surface area contributed by atoms with E-state index in [1.54, 1.807) is 0 Å². The average molecular weight is 211 g/mol. The highest BCUT2D eigenvalue weighted by atomic mass is 14.9. The van der Waals surface area contributed by atoms with Crippen LogP contribution in [-0.4, -0.2) is 6.72 Å². The Hall–Kier alpha value is -1.96. The van der Waals surface area contributed by atoms with Crippen LogP contribution >= 0.6 is 0 Å². The molecule has 0 aliphatic rings. The lowest BCUT2D eigenvalue weighted by Gasteiger charge is -2.04. The summed E-state index contributed by atoms with van der Waals surface area (Å²) in [6, 6.07) is 12.3. The smallest absolute Gasteiger partial charge is 0.214 e. The lowest BCUT2D eigenvalue weighted by molar-refractivity contribution is -0.660. The third-order valence-corrected chi connectivity index (χ3v) is 2.74. The van der Waals surface area contributed by atoms with Crippen molar-refractivity contribution in [3.05, 3.63) is 48.2 Å². The highest BCUT2D eigenvalue weighted by Crippen LogP contribution is 2.22. The van der Waals surface area contributed by atoms with Crippen molar-refractivity contribution in [1.82, 2.24) is 0 Å². The van der Waals surface area contributed by atoms with Crippen LogP contribution in [0.4, 0.5) is 5.69 Å². The van der Waals surface area contributed by atoms with Crippen molar-refractivity contribution in [3.8, 4) is 11.3 Å². The molecule has 16 heavy (non-hydrogen) atoms. The Labute approximate surface area is 95.9 Å². The Morgan fingerprint density at radius 2 is 1.94 bits per heavy atom. The van der Waals surface area contributed by atoms with Gasteiger partial charge in [-0.25, -0.2) is 4.57 Å². The lowest BCUT2D eigenvalue weighted by atomic mass is 10.0. The van der Waals surface area contributed by atoms with E-state index in [1.807, 2.05) is 19.3 Å². The van der Waals surface area contributed by atoms with Crippen molar-refractivity contribution in [2.45, 2.75) is 6.92 Å². The number of pyridine rings is 1. The van der Waals surface area contributed by atoms with Crippen LogP contribution in [0.1, 0.15) is 5.56 Å². The Balaban J connectivity index is 2.63. The second kappa shape index (κ2) is 4.27. The van der Waals surface area contributed by atoms with Crippen molar-refractivity contribution >= 4 is 12.4 Å². The minimum atomic E-state index is 0.899. The van der Waals surface area contributed by atoms with Crippen molar-refractivity contribution in [1.29, 1.82) is 0 Å². The molecule has 0 bridgehead atoms. The summed E-state index contributed by atoms with van der Waals surface area (Å²) in [5.41, 5.74) is 4.55. The van der Waals surface area contributed by atoms with Crippen LogP contribution in [0.25, 0.3) is 11.3 Å². The van der Waals surface area contributed by atoms with E-state index < -0.39 is 0 Å². The Morgan fingerprint density at radius 1 is 1.19 bits per heavy atom. The van der Waals surface area contributed by atoms with Crippen LogP contribution in [-0.2, 0) is 7.05 Å². The van der Waals surface area contributed by atoms with Gasteiger partial charge in [0.2, 0.25) is 5.69 Å². The molecule has 2 aromatic rings. The summed E-state index contributed by atoms with van der Waals surface area (Å²) < 4.78 is 2.09. The molecule has 1 aromatic carbocycles. The number of aryl methyl sites for hydroxylation is 2. The molecule has 0 saturated carbocycles. The maximum atomic E-state index is 3.96. The van der Waals surface area contributed by atoms with Crippen LogP contribution < -0.4 is 4.57 Å². The summed E-state index contributed by atoms with van der Waals surface area (Å²) >= 11 is 0. The van der Waals surface area contributed by atoms with E-state index in [0.29, 0.717) is 0 Å². The number of aliphatic imine (C=N–C) groups is 1. The van der Waals surface area contributed by atoms with Crippen molar-refractivity contribution in [2.75, 3.05) is 0 Å². The predicted molar refractivity (Wildman–Crippen MR) is 67.0 cm³/mol. The fourth-order valence-corrected chi connectivity index (χ4v) is 1.78. The summed E-state index contributed by atoms with van der Waals surface area (Å²) in [5, 5.41) is 0. The minimum absolute atomic E-state index is 0.899. The minimum Gasteiger partial charge on any atom is -0.264 e. The highest BCUT2D eigenvalue weighted by Gasteiger charge is 2.11. The molecule has 0 radical (unpaired) electrons. The largest absolute Gasteiger partial charge is 0.264 e. The Bertz CT molecular complexity index is 530. The Kier molecular flexibility index (Phi) is 2.82. The topological polar surface area (TPSA) is 16.2 Å². The van der Waals surface area contributed by atoms with Crippen LogP contribution in [0.5, 0.6) is 0 Å². The van der Waals surface area contributed by atoms with E-state index in [0.717, 1.165) is 11.4 Å². The SMILES string of the molecule is C=Nc1cc[n+](C)c(-c2ccccc2C)c1. The first kappa shape index (κ1) is 10.6. The van der Waals surface area contributed by atoms with Gasteiger partial charge in [-0.3, -0.25) is 4.99 Å². The van der Waals surface area contributed by atoms with Gasteiger partial charge in [-0.15, -0.1) is 0 Å². The van der Waals surface area contributed by atoms with E-state index >= 15 is 0 Å². The van der Waals surface area contributed by atoms with E-state index in [1.165, 1.54) is 11.1 Å². The van der Waals surface area contributed by atoms with Crippen LogP contribution in [0.2, 0.25) is 0 Å². The number of hydrogen-bond donors (Lipinski definition) is 0. The van der Waals surface area contributed by atoms with Crippen molar-refractivity contribution in [2.24, 2.45) is 12.0 Å². The van der Waals surface area contributed by atoms with E-state index in [4.69, 9.17) is 0 Å². The molecule has 2 heteroatoms. The normalized spacial score (nSPS) is 10.1. The van der Waals surface area contributed by atoms with Gasteiger partial charge in [-0.2, -0.15) is 0 Å². The maximum Gasteiger partial charge on any atom is 0.214 e. The molecule has 1 heterocycles. The quantitative estimate of drug-likeness (QED) is 0.536. The predicted octanol–water partition coefficient (Wildman–Crippen LogP) is 2.82. The first-order valence-electron chi connectivity index (χ1n) is 5.25. The van der Waals surface area contributed by atoms with Gasteiger partial charge in [0, 0.05) is 17.7 Å². The average Bonchev–Trinajstić information content (AvgIpc) is 2.31. The number of rotatable bonds is 2. The molecule has 0 fully saturated rings. The maximum absolute atomic E-state index is 3.96. The summed E-state index contributed by atoms with van der Waals surface area (Å²) in [6.07, 6.45) is 2.01. The second-order valence-corrected chi connectivity index (χ2v) is 3.85. The monoisotopic (exact) mass is 211 g/mol. The third kappa shape index (κ3) is 1.87. The van der Waals surface area contributed by atoms with E-state index in [2.05, 4.69) is 53.5 Å². The number of nitrogens with zero attached hydrogens (tertiary/aromatic N) is 2. The number of aromatic nitrogens is 1. The molecule has 0 aliphatic carbocycles. The molecule has 2 nitrogen and oxygen atoms in total.